The van der Waals surface area contributed by atoms with E-state index >= 15 is 0 Å². The first-order chi connectivity index (χ1) is 13.7. The molecule has 3 rings (SSSR count). The molecule has 5 nitrogen and oxygen atoms in total. The van der Waals surface area contributed by atoms with Crippen LogP contribution in [0.15, 0.2) is 18.2 Å². The molecule has 1 amide bonds. The molecule has 3 N–H and O–H groups in total. The van der Waals surface area contributed by atoms with Gasteiger partial charge in [0, 0.05) is 18.3 Å². The molecule has 6 heteroatoms. The number of alkyl carbamates (subject to hydrolysis) is 1. The van der Waals surface area contributed by atoms with Crippen LogP contribution < -0.4 is 11.1 Å². The highest BCUT2D eigenvalue weighted by atomic mass is 19.1. The van der Waals surface area contributed by atoms with Gasteiger partial charge in [-0.15, -0.1) is 0 Å². The Kier molecular flexibility index (Phi) is 7.04. The Hall–Kier alpha value is -1.82. The molecule has 29 heavy (non-hydrogen) atoms. The number of halogens is 1. The number of carbonyl (C=O) groups excluding carboxylic acids is 1. The van der Waals surface area contributed by atoms with Crippen LogP contribution in [0.3, 0.4) is 0 Å². The third-order valence-corrected chi connectivity index (χ3v) is 6.14. The highest BCUT2D eigenvalue weighted by Gasteiger charge is 2.28. The topological polar surface area (TPSA) is 67.6 Å². The predicted molar refractivity (Wildman–Crippen MR) is 114 cm³/mol. The van der Waals surface area contributed by atoms with Crippen molar-refractivity contribution in [2.24, 2.45) is 5.92 Å². The molecule has 0 bridgehead atoms. The number of nitrogen functional groups attached to an aromatic ring is 1. The first kappa shape index (κ1) is 21.9. The van der Waals surface area contributed by atoms with Crippen molar-refractivity contribution in [3.63, 3.8) is 0 Å². The minimum absolute atomic E-state index is 0.167. The maximum Gasteiger partial charge on any atom is 0.407 e. The van der Waals surface area contributed by atoms with Crippen molar-refractivity contribution in [2.75, 3.05) is 25.4 Å². The predicted octanol–water partition coefficient (Wildman–Crippen LogP) is 4.67. The number of anilines is 1. The number of hydrogen-bond donors (Lipinski definition) is 2. The van der Waals surface area contributed by atoms with Gasteiger partial charge in [-0.05, 0) is 102 Å². The molecule has 0 aromatic heterocycles. The molecular formula is C23H36FN3O2. The van der Waals surface area contributed by atoms with E-state index in [1.807, 2.05) is 26.8 Å². The van der Waals surface area contributed by atoms with Crippen molar-refractivity contribution in [2.45, 2.75) is 76.9 Å². The van der Waals surface area contributed by atoms with Crippen molar-refractivity contribution in [1.29, 1.82) is 0 Å². The Morgan fingerprint density at radius 1 is 1.17 bits per heavy atom. The largest absolute Gasteiger partial charge is 0.444 e. The fraction of sp³-hybridized carbons (Fsp3) is 0.696. The van der Waals surface area contributed by atoms with E-state index in [-0.39, 0.29) is 18.0 Å². The number of hydrogen-bond acceptors (Lipinski definition) is 4. The third-order valence-electron chi connectivity index (χ3n) is 6.14. The van der Waals surface area contributed by atoms with E-state index in [4.69, 9.17) is 10.5 Å². The summed E-state index contributed by atoms with van der Waals surface area (Å²) >= 11 is 0. The number of nitrogens with one attached hydrogen (secondary N) is 1. The summed E-state index contributed by atoms with van der Waals surface area (Å²) in [6.45, 7) is 8.79. The zero-order chi connectivity index (χ0) is 21.0. The Morgan fingerprint density at radius 2 is 1.83 bits per heavy atom. The minimum atomic E-state index is -0.456. The van der Waals surface area contributed by atoms with E-state index in [2.05, 4.69) is 10.2 Å². The highest BCUT2D eigenvalue weighted by molar-refractivity contribution is 5.68. The van der Waals surface area contributed by atoms with Crippen LogP contribution in [0, 0.1) is 11.7 Å². The number of nitrogens with zero attached hydrogens (tertiary/aromatic N) is 1. The maximum absolute atomic E-state index is 14.2. The van der Waals surface area contributed by atoms with Gasteiger partial charge in [-0.3, -0.25) is 0 Å². The van der Waals surface area contributed by atoms with E-state index in [1.165, 1.54) is 6.07 Å². The molecule has 1 aromatic rings. The smallest absolute Gasteiger partial charge is 0.407 e. The van der Waals surface area contributed by atoms with Gasteiger partial charge in [0.2, 0.25) is 0 Å². The average molecular weight is 406 g/mol. The first-order valence-corrected chi connectivity index (χ1v) is 11.0. The third kappa shape index (κ3) is 6.59. The van der Waals surface area contributed by atoms with Crippen LogP contribution in [0.2, 0.25) is 0 Å². The summed E-state index contributed by atoms with van der Waals surface area (Å²) in [4.78, 5) is 14.5. The van der Waals surface area contributed by atoms with Crippen molar-refractivity contribution >= 4 is 11.8 Å². The Morgan fingerprint density at radius 3 is 2.41 bits per heavy atom. The SMILES string of the molecule is CC(C)(C)OC(=O)N[C@H]1CC[C@H](CN2CCC(c3ccc(N)cc3F)CC2)CC1. The van der Waals surface area contributed by atoms with Crippen LogP contribution in [0.1, 0.15) is 70.8 Å². The lowest BCUT2D eigenvalue weighted by molar-refractivity contribution is 0.0482. The second kappa shape index (κ2) is 9.33. The van der Waals surface area contributed by atoms with Gasteiger partial charge in [0.05, 0.1) is 0 Å². The lowest BCUT2D eigenvalue weighted by Gasteiger charge is -2.37. The van der Waals surface area contributed by atoms with Crippen molar-refractivity contribution in [3.05, 3.63) is 29.6 Å². The molecule has 0 radical (unpaired) electrons. The molecular weight excluding hydrogens is 369 g/mol. The molecule has 0 spiro atoms. The molecule has 162 valence electrons. The standard InChI is InChI=1S/C23H36FN3O2/c1-23(2,3)29-22(28)26-19-7-4-16(5-8-19)15-27-12-10-17(11-13-27)20-9-6-18(25)14-21(20)24/h6,9,14,16-17,19H,4-5,7-8,10-13,15,25H2,1-3H3,(H,26,28)/t16-,19-. The number of ether oxygens (including phenoxy) is 1. The lowest BCUT2D eigenvalue weighted by Crippen LogP contribution is -2.43. The van der Waals surface area contributed by atoms with Gasteiger partial charge < -0.3 is 20.7 Å². The first-order valence-electron chi connectivity index (χ1n) is 11.0. The number of benzene rings is 1. The van der Waals surface area contributed by atoms with Gasteiger partial charge in [0.25, 0.3) is 0 Å². The van der Waals surface area contributed by atoms with Crippen LogP contribution >= 0.6 is 0 Å². The van der Waals surface area contributed by atoms with E-state index in [1.54, 1.807) is 6.07 Å². The average Bonchev–Trinajstić information content (AvgIpc) is 2.63. The molecule has 0 unspecified atom stereocenters. The van der Waals surface area contributed by atoms with Crippen molar-refractivity contribution in [1.82, 2.24) is 10.2 Å². The molecule has 1 saturated heterocycles. The summed E-state index contributed by atoms with van der Waals surface area (Å²) in [6.07, 6.45) is 5.97. The van der Waals surface area contributed by atoms with E-state index in [0.717, 1.165) is 63.7 Å². The molecule has 1 saturated carbocycles. The lowest BCUT2D eigenvalue weighted by atomic mass is 9.84. The molecule has 2 fully saturated rings. The van der Waals surface area contributed by atoms with E-state index in [9.17, 15) is 9.18 Å². The second-order valence-electron chi connectivity index (χ2n) is 9.72. The summed E-state index contributed by atoms with van der Waals surface area (Å²) < 4.78 is 19.5. The van der Waals surface area contributed by atoms with Crippen LogP contribution in [0.5, 0.6) is 0 Å². The van der Waals surface area contributed by atoms with Gasteiger partial charge in [-0.1, -0.05) is 6.07 Å². The van der Waals surface area contributed by atoms with E-state index < -0.39 is 5.60 Å². The van der Waals surface area contributed by atoms with Gasteiger partial charge in [0.1, 0.15) is 11.4 Å². The maximum atomic E-state index is 14.2. The number of nitrogens with two attached hydrogens (primary N) is 1. The van der Waals surface area contributed by atoms with Crippen LogP contribution in [0.4, 0.5) is 14.9 Å². The highest BCUT2D eigenvalue weighted by Crippen LogP contribution is 2.32. The zero-order valence-corrected chi connectivity index (χ0v) is 18.0. The molecule has 0 atom stereocenters. The summed E-state index contributed by atoms with van der Waals surface area (Å²) in [7, 11) is 0. The second-order valence-corrected chi connectivity index (χ2v) is 9.72. The number of likely N-dealkylation sites (tertiary alicyclic amines) is 1. The van der Waals surface area contributed by atoms with Gasteiger partial charge in [0.15, 0.2) is 0 Å². The molecule has 1 heterocycles. The summed E-state index contributed by atoms with van der Waals surface area (Å²) in [5, 5.41) is 3.01. The van der Waals surface area contributed by atoms with Gasteiger partial charge >= 0.3 is 6.09 Å². The molecule has 1 aromatic carbocycles. The molecule has 2 aliphatic rings. The van der Waals surface area contributed by atoms with E-state index in [0.29, 0.717) is 17.5 Å². The normalized spacial score (nSPS) is 24.3. The molecule has 1 aliphatic heterocycles. The van der Waals surface area contributed by atoms with Crippen LogP contribution in [0.25, 0.3) is 0 Å². The Bertz CT molecular complexity index is 688. The summed E-state index contributed by atoms with van der Waals surface area (Å²) in [5.41, 5.74) is 6.51. The van der Waals surface area contributed by atoms with Crippen LogP contribution in [-0.4, -0.2) is 42.3 Å². The Labute approximate surface area is 174 Å². The summed E-state index contributed by atoms with van der Waals surface area (Å²) in [6, 6.07) is 5.31. The number of rotatable bonds is 4. The zero-order valence-electron chi connectivity index (χ0n) is 18.0. The fourth-order valence-electron chi connectivity index (χ4n) is 4.63. The number of amides is 1. The fourth-order valence-corrected chi connectivity index (χ4v) is 4.63. The van der Waals surface area contributed by atoms with Gasteiger partial charge in [-0.2, -0.15) is 0 Å². The minimum Gasteiger partial charge on any atom is -0.444 e. The quantitative estimate of drug-likeness (QED) is 0.714. The van der Waals surface area contributed by atoms with Gasteiger partial charge in [-0.25, -0.2) is 9.18 Å². The molecule has 1 aliphatic carbocycles. The summed E-state index contributed by atoms with van der Waals surface area (Å²) in [5.74, 6) is 0.802. The number of piperidine rings is 1. The Balaban J connectivity index is 1.38. The van der Waals surface area contributed by atoms with Crippen molar-refractivity contribution in [3.8, 4) is 0 Å². The van der Waals surface area contributed by atoms with Crippen molar-refractivity contribution < 1.29 is 13.9 Å². The number of carbonyl (C=O) groups is 1. The monoisotopic (exact) mass is 405 g/mol. The van der Waals surface area contributed by atoms with Crippen LogP contribution in [-0.2, 0) is 4.74 Å².